The van der Waals surface area contributed by atoms with Gasteiger partial charge in [-0.15, -0.1) is 0 Å². The van der Waals surface area contributed by atoms with Gasteiger partial charge >= 0.3 is 0 Å². The van der Waals surface area contributed by atoms with Crippen LogP contribution < -0.4 is 10.5 Å². The fourth-order valence-electron chi connectivity index (χ4n) is 2.56. The Morgan fingerprint density at radius 2 is 1.90 bits per heavy atom. The number of nitrogen functional groups attached to an aromatic ring is 1. The van der Waals surface area contributed by atoms with Gasteiger partial charge in [-0.3, -0.25) is 0 Å². The molecule has 0 aliphatic rings. The summed E-state index contributed by atoms with van der Waals surface area (Å²) < 4.78 is 7.45. The van der Waals surface area contributed by atoms with Crippen LogP contribution >= 0.6 is 0 Å². The highest BCUT2D eigenvalue weighted by molar-refractivity contribution is 5.79. The van der Waals surface area contributed by atoms with Crippen molar-refractivity contribution in [3.05, 3.63) is 53.9 Å². The molecule has 0 spiro atoms. The lowest BCUT2D eigenvalue weighted by Gasteiger charge is -2.09. The van der Waals surface area contributed by atoms with Crippen molar-refractivity contribution >= 4 is 16.7 Å². The van der Waals surface area contributed by atoms with Crippen molar-refractivity contribution in [3.8, 4) is 5.75 Å². The number of methoxy groups -OCH3 is 1. The van der Waals surface area contributed by atoms with Crippen LogP contribution in [0.25, 0.3) is 11.0 Å². The summed E-state index contributed by atoms with van der Waals surface area (Å²) in [6.07, 6.45) is 0.894. The van der Waals surface area contributed by atoms with E-state index in [0.29, 0.717) is 0 Å². The highest BCUT2D eigenvalue weighted by Gasteiger charge is 2.10. The highest BCUT2D eigenvalue weighted by Crippen LogP contribution is 2.21. The topological polar surface area (TPSA) is 53.1 Å². The van der Waals surface area contributed by atoms with Crippen LogP contribution in [0.2, 0.25) is 0 Å². The molecule has 2 N–H and O–H groups in total. The van der Waals surface area contributed by atoms with E-state index in [-0.39, 0.29) is 0 Å². The molecule has 1 heterocycles. The second-order valence-electron chi connectivity index (χ2n) is 5.06. The molecule has 4 nitrogen and oxygen atoms in total. The largest absolute Gasteiger partial charge is 0.497 e. The second-order valence-corrected chi connectivity index (χ2v) is 5.06. The molecule has 3 rings (SSSR count). The SMILES string of the molecule is CCc1nc2cc(N)ccc2n1Cc1ccc(OC)cc1. The molecule has 0 aliphatic heterocycles. The number of ether oxygens (including phenoxy) is 1. The van der Waals surface area contributed by atoms with Crippen LogP contribution in [0.4, 0.5) is 5.69 Å². The molecule has 0 amide bonds. The normalized spacial score (nSPS) is 11.0. The molecule has 0 radical (unpaired) electrons. The highest BCUT2D eigenvalue weighted by atomic mass is 16.5. The standard InChI is InChI=1S/C17H19N3O/c1-3-17-19-15-10-13(18)6-9-16(15)20(17)11-12-4-7-14(21-2)8-5-12/h4-10H,3,11,18H2,1-2H3. The van der Waals surface area contributed by atoms with Gasteiger partial charge in [-0.25, -0.2) is 4.98 Å². The Labute approximate surface area is 124 Å². The second kappa shape index (κ2) is 5.48. The minimum Gasteiger partial charge on any atom is -0.497 e. The molecule has 0 saturated carbocycles. The molecule has 0 saturated heterocycles. The number of aryl methyl sites for hydroxylation is 1. The summed E-state index contributed by atoms with van der Waals surface area (Å²) in [5.41, 5.74) is 9.90. The Balaban J connectivity index is 2.01. The molecule has 2 aromatic carbocycles. The summed E-state index contributed by atoms with van der Waals surface area (Å²) in [5.74, 6) is 1.95. The number of rotatable bonds is 4. The minimum atomic E-state index is 0.749. The Morgan fingerprint density at radius 1 is 1.14 bits per heavy atom. The number of fused-ring (bicyclic) bond motifs is 1. The first kappa shape index (κ1) is 13.5. The number of aromatic nitrogens is 2. The zero-order valence-electron chi connectivity index (χ0n) is 12.3. The summed E-state index contributed by atoms with van der Waals surface area (Å²) in [6.45, 7) is 2.92. The van der Waals surface area contributed by atoms with Gasteiger partial charge in [-0.1, -0.05) is 19.1 Å². The monoisotopic (exact) mass is 281 g/mol. The van der Waals surface area contributed by atoms with E-state index in [1.165, 1.54) is 5.56 Å². The van der Waals surface area contributed by atoms with Crippen molar-refractivity contribution in [1.29, 1.82) is 0 Å². The molecule has 3 aromatic rings. The maximum absolute atomic E-state index is 5.85. The fourth-order valence-corrected chi connectivity index (χ4v) is 2.56. The lowest BCUT2D eigenvalue weighted by Crippen LogP contribution is -2.04. The molecular formula is C17H19N3O. The Morgan fingerprint density at radius 3 is 2.57 bits per heavy atom. The van der Waals surface area contributed by atoms with Gasteiger partial charge in [0.05, 0.1) is 18.1 Å². The number of imidazole rings is 1. The van der Waals surface area contributed by atoms with Gasteiger partial charge in [0.25, 0.3) is 0 Å². The van der Waals surface area contributed by atoms with Crippen molar-refractivity contribution in [2.75, 3.05) is 12.8 Å². The van der Waals surface area contributed by atoms with Gasteiger partial charge in [0.2, 0.25) is 0 Å². The van der Waals surface area contributed by atoms with Gasteiger partial charge < -0.3 is 15.0 Å². The third kappa shape index (κ3) is 2.57. The Kier molecular flexibility index (Phi) is 3.52. The number of nitrogens with two attached hydrogens (primary N) is 1. The molecule has 0 fully saturated rings. The van der Waals surface area contributed by atoms with Gasteiger partial charge in [-0.2, -0.15) is 0 Å². The van der Waals surface area contributed by atoms with Crippen LogP contribution in [0, 0.1) is 0 Å². The fraction of sp³-hybridized carbons (Fsp3) is 0.235. The van der Waals surface area contributed by atoms with Crippen molar-refractivity contribution in [1.82, 2.24) is 9.55 Å². The van der Waals surface area contributed by atoms with E-state index in [9.17, 15) is 0 Å². The van der Waals surface area contributed by atoms with Crippen molar-refractivity contribution < 1.29 is 4.74 Å². The molecule has 1 aromatic heterocycles. The molecule has 21 heavy (non-hydrogen) atoms. The average Bonchev–Trinajstić information content (AvgIpc) is 2.85. The summed E-state index contributed by atoms with van der Waals surface area (Å²) in [4.78, 5) is 4.68. The maximum Gasteiger partial charge on any atom is 0.118 e. The molecule has 108 valence electrons. The lowest BCUT2D eigenvalue weighted by atomic mass is 10.2. The summed E-state index contributed by atoms with van der Waals surface area (Å²) >= 11 is 0. The van der Waals surface area contributed by atoms with Crippen LogP contribution in [0.15, 0.2) is 42.5 Å². The van der Waals surface area contributed by atoms with E-state index in [0.717, 1.165) is 41.3 Å². The third-order valence-electron chi connectivity index (χ3n) is 3.67. The smallest absolute Gasteiger partial charge is 0.118 e. The predicted octanol–water partition coefficient (Wildman–Crippen LogP) is 3.24. The zero-order chi connectivity index (χ0) is 14.8. The van der Waals surface area contributed by atoms with Gasteiger partial charge in [0.15, 0.2) is 0 Å². The van der Waals surface area contributed by atoms with Gasteiger partial charge in [0.1, 0.15) is 11.6 Å². The number of hydrogen-bond acceptors (Lipinski definition) is 3. The van der Waals surface area contributed by atoms with E-state index in [1.807, 2.05) is 30.3 Å². The van der Waals surface area contributed by atoms with Crippen LogP contribution in [0.5, 0.6) is 5.75 Å². The quantitative estimate of drug-likeness (QED) is 0.747. The molecule has 0 unspecified atom stereocenters. The first-order chi connectivity index (χ1) is 10.2. The molecular weight excluding hydrogens is 262 g/mol. The maximum atomic E-state index is 5.85. The number of nitrogens with zero attached hydrogens (tertiary/aromatic N) is 2. The third-order valence-corrected chi connectivity index (χ3v) is 3.67. The molecule has 0 aliphatic carbocycles. The Bertz CT molecular complexity index is 760. The van der Waals surface area contributed by atoms with Crippen LogP contribution in [0.1, 0.15) is 18.3 Å². The van der Waals surface area contributed by atoms with Gasteiger partial charge in [0, 0.05) is 18.7 Å². The van der Waals surface area contributed by atoms with E-state index in [2.05, 4.69) is 28.6 Å². The number of benzene rings is 2. The average molecular weight is 281 g/mol. The number of hydrogen-bond donors (Lipinski definition) is 1. The Hall–Kier alpha value is -2.49. The number of anilines is 1. The first-order valence-electron chi connectivity index (χ1n) is 7.09. The first-order valence-corrected chi connectivity index (χ1v) is 7.09. The van der Waals surface area contributed by atoms with E-state index in [4.69, 9.17) is 10.5 Å². The summed E-state index contributed by atoms with van der Waals surface area (Å²) in [5, 5.41) is 0. The molecule has 4 heteroatoms. The van der Waals surface area contributed by atoms with Crippen molar-refractivity contribution in [2.24, 2.45) is 0 Å². The van der Waals surface area contributed by atoms with Crippen molar-refractivity contribution in [2.45, 2.75) is 19.9 Å². The minimum absolute atomic E-state index is 0.749. The van der Waals surface area contributed by atoms with Crippen molar-refractivity contribution in [3.63, 3.8) is 0 Å². The van der Waals surface area contributed by atoms with Crippen LogP contribution in [-0.4, -0.2) is 16.7 Å². The summed E-state index contributed by atoms with van der Waals surface area (Å²) in [6, 6.07) is 14.0. The van der Waals surface area contributed by atoms with Gasteiger partial charge in [-0.05, 0) is 35.9 Å². The van der Waals surface area contributed by atoms with E-state index in [1.54, 1.807) is 7.11 Å². The van der Waals surface area contributed by atoms with E-state index < -0.39 is 0 Å². The lowest BCUT2D eigenvalue weighted by molar-refractivity contribution is 0.414. The van der Waals surface area contributed by atoms with Crippen LogP contribution in [0.3, 0.4) is 0 Å². The molecule has 0 atom stereocenters. The van der Waals surface area contributed by atoms with Crippen LogP contribution in [-0.2, 0) is 13.0 Å². The molecule has 0 bridgehead atoms. The van der Waals surface area contributed by atoms with E-state index >= 15 is 0 Å². The summed E-state index contributed by atoms with van der Waals surface area (Å²) in [7, 11) is 1.68. The predicted molar refractivity (Wildman–Crippen MR) is 85.6 cm³/mol. The zero-order valence-corrected chi connectivity index (χ0v) is 12.3.